The zero-order valence-electron chi connectivity index (χ0n) is 8.79. The second-order valence-electron chi connectivity index (χ2n) is 3.16. The molecular weight excluding hydrogens is 220 g/mol. The minimum absolute atomic E-state index is 0.163. The van der Waals surface area contributed by atoms with Gasteiger partial charge in [-0.25, -0.2) is 0 Å². The number of carbonyl (C=O) groups is 1. The fourth-order valence-electron chi connectivity index (χ4n) is 1.07. The number of carbonyl (C=O) groups excluding carboxylic acids is 1. The van der Waals surface area contributed by atoms with Gasteiger partial charge in [0.25, 0.3) is 5.91 Å². The van der Waals surface area contributed by atoms with E-state index in [0.29, 0.717) is 5.56 Å². The summed E-state index contributed by atoms with van der Waals surface area (Å²) in [6.07, 6.45) is 4.28. The highest BCUT2D eigenvalue weighted by Crippen LogP contribution is 2.25. The number of hydrogen-bond acceptors (Lipinski definition) is 4. The number of nitrogens with zero attached hydrogens (tertiary/aromatic N) is 1. The Morgan fingerprint density at radius 3 is 2.59 bits per heavy atom. The first-order valence-electron chi connectivity index (χ1n) is 4.65. The molecule has 4 N–H and O–H groups in total. The van der Waals surface area contributed by atoms with Gasteiger partial charge in [-0.1, -0.05) is 18.2 Å². The van der Waals surface area contributed by atoms with Crippen molar-refractivity contribution in [2.24, 2.45) is 5.73 Å². The van der Waals surface area contributed by atoms with Crippen molar-refractivity contribution in [1.82, 2.24) is 0 Å². The molecule has 0 heterocycles. The number of allylic oxidation sites excluding steroid dienone is 2. The minimum atomic E-state index is -0.800. The molecule has 5 heteroatoms. The van der Waals surface area contributed by atoms with E-state index in [1.165, 1.54) is 24.3 Å². The van der Waals surface area contributed by atoms with Crippen molar-refractivity contribution in [2.45, 2.75) is 0 Å². The molecule has 0 aliphatic heterocycles. The summed E-state index contributed by atoms with van der Waals surface area (Å²) in [7, 11) is 0. The summed E-state index contributed by atoms with van der Waals surface area (Å²) < 4.78 is 0. The van der Waals surface area contributed by atoms with Crippen LogP contribution in [0.15, 0.2) is 35.9 Å². The normalized spacial score (nSPS) is 11.4. The molecule has 0 saturated carbocycles. The maximum Gasteiger partial charge on any atom is 0.259 e. The Kier molecular flexibility index (Phi) is 3.90. The lowest BCUT2D eigenvalue weighted by Crippen LogP contribution is -2.12. The quantitative estimate of drug-likeness (QED) is 0.312. The van der Waals surface area contributed by atoms with Gasteiger partial charge in [-0.15, -0.1) is 0 Å². The number of benzene rings is 1. The lowest BCUT2D eigenvalue weighted by atomic mass is 10.1. The van der Waals surface area contributed by atoms with Crippen LogP contribution in [0.1, 0.15) is 5.56 Å². The third kappa shape index (κ3) is 3.39. The van der Waals surface area contributed by atoms with E-state index in [1.54, 1.807) is 18.2 Å². The van der Waals surface area contributed by atoms with E-state index in [-0.39, 0.29) is 17.1 Å². The van der Waals surface area contributed by atoms with E-state index >= 15 is 0 Å². The lowest BCUT2D eigenvalue weighted by Gasteiger charge is -1.97. The summed E-state index contributed by atoms with van der Waals surface area (Å²) in [6.45, 7) is 0. The van der Waals surface area contributed by atoms with Gasteiger partial charge in [0.2, 0.25) is 0 Å². The molecule has 17 heavy (non-hydrogen) atoms. The zero-order chi connectivity index (χ0) is 12.8. The second-order valence-corrected chi connectivity index (χ2v) is 3.16. The molecule has 0 saturated heterocycles. The average Bonchev–Trinajstić information content (AvgIpc) is 2.28. The first-order valence-corrected chi connectivity index (χ1v) is 4.65. The molecule has 86 valence electrons. The monoisotopic (exact) mass is 230 g/mol. The number of aromatic hydroxyl groups is 2. The van der Waals surface area contributed by atoms with Crippen molar-refractivity contribution in [1.29, 1.82) is 5.26 Å². The third-order valence-corrected chi connectivity index (χ3v) is 1.94. The zero-order valence-corrected chi connectivity index (χ0v) is 8.79. The van der Waals surface area contributed by atoms with Crippen LogP contribution in [0.5, 0.6) is 11.5 Å². The number of rotatable bonds is 3. The molecule has 0 spiro atoms. The molecule has 0 fully saturated rings. The molecule has 0 aliphatic rings. The van der Waals surface area contributed by atoms with Gasteiger partial charge >= 0.3 is 0 Å². The van der Waals surface area contributed by atoms with Crippen molar-refractivity contribution in [3.63, 3.8) is 0 Å². The second kappa shape index (κ2) is 5.37. The summed E-state index contributed by atoms with van der Waals surface area (Å²) in [5.74, 6) is -1.26. The first-order chi connectivity index (χ1) is 8.04. The number of hydrogen-bond donors (Lipinski definition) is 3. The number of primary amides is 1. The number of nitrogens with two attached hydrogens (primary N) is 1. The summed E-state index contributed by atoms with van der Waals surface area (Å²) in [4.78, 5) is 10.7. The number of nitriles is 1. The molecule has 1 rings (SSSR count). The largest absolute Gasteiger partial charge is 0.504 e. The van der Waals surface area contributed by atoms with Crippen molar-refractivity contribution in [3.8, 4) is 17.6 Å². The fourth-order valence-corrected chi connectivity index (χ4v) is 1.07. The molecule has 1 aromatic rings. The summed E-state index contributed by atoms with van der Waals surface area (Å²) in [5, 5.41) is 26.8. The van der Waals surface area contributed by atoms with E-state index in [0.717, 1.165) is 0 Å². The highest BCUT2D eigenvalue weighted by atomic mass is 16.3. The van der Waals surface area contributed by atoms with Crippen LogP contribution in [-0.4, -0.2) is 16.1 Å². The smallest absolute Gasteiger partial charge is 0.259 e. The van der Waals surface area contributed by atoms with Gasteiger partial charge < -0.3 is 15.9 Å². The van der Waals surface area contributed by atoms with E-state index < -0.39 is 5.91 Å². The summed E-state index contributed by atoms with van der Waals surface area (Å²) in [5.41, 5.74) is 5.38. The Balaban J connectivity index is 2.88. The SMILES string of the molecule is N#C/C(=C\C=C\c1ccc(O)c(O)c1)C(N)=O. The lowest BCUT2D eigenvalue weighted by molar-refractivity contribution is -0.114. The molecule has 5 nitrogen and oxygen atoms in total. The van der Waals surface area contributed by atoms with Crippen molar-refractivity contribution in [2.75, 3.05) is 0 Å². The predicted molar refractivity (Wildman–Crippen MR) is 61.7 cm³/mol. The fraction of sp³-hybridized carbons (Fsp3) is 0. The molecule has 0 atom stereocenters. The Labute approximate surface area is 97.7 Å². The molecule has 0 radical (unpaired) electrons. The van der Waals surface area contributed by atoms with Crippen LogP contribution in [0.3, 0.4) is 0 Å². The van der Waals surface area contributed by atoms with Gasteiger partial charge in [0.1, 0.15) is 11.6 Å². The number of phenolic OH excluding ortho intramolecular Hbond substituents is 2. The Morgan fingerprint density at radius 1 is 1.35 bits per heavy atom. The average molecular weight is 230 g/mol. The van der Waals surface area contributed by atoms with Crippen LogP contribution in [0.25, 0.3) is 6.08 Å². The van der Waals surface area contributed by atoms with E-state index in [9.17, 15) is 9.90 Å². The van der Waals surface area contributed by atoms with Gasteiger partial charge in [0.15, 0.2) is 11.5 Å². The van der Waals surface area contributed by atoms with E-state index in [2.05, 4.69) is 0 Å². The predicted octanol–water partition coefficient (Wildman–Crippen LogP) is 1.05. The van der Waals surface area contributed by atoms with Gasteiger partial charge in [0.05, 0.1) is 0 Å². The van der Waals surface area contributed by atoms with Crippen LogP contribution < -0.4 is 5.73 Å². The van der Waals surface area contributed by atoms with Crippen LogP contribution in [0.4, 0.5) is 0 Å². The van der Waals surface area contributed by atoms with Crippen LogP contribution in [0.2, 0.25) is 0 Å². The molecule has 0 aromatic heterocycles. The van der Waals surface area contributed by atoms with Crippen molar-refractivity contribution >= 4 is 12.0 Å². The van der Waals surface area contributed by atoms with E-state index in [4.69, 9.17) is 16.1 Å². The number of amides is 1. The Hall–Kier alpha value is -2.74. The van der Waals surface area contributed by atoms with Gasteiger partial charge in [0, 0.05) is 0 Å². The van der Waals surface area contributed by atoms with Gasteiger partial charge in [-0.2, -0.15) is 5.26 Å². The molecule has 0 aliphatic carbocycles. The molecule has 1 amide bonds. The summed E-state index contributed by atoms with van der Waals surface area (Å²) in [6, 6.07) is 5.89. The molecule has 0 unspecified atom stereocenters. The van der Waals surface area contributed by atoms with Crippen LogP contribution in [-0.2, 0) is 4.79 Å². The minimum Gasteiger partial charge on any atom is -0.504 e. The van der Waals surface area contributed by atoms with Crippen molar-refractivity contribution < 1.29 is 15.0 Å². The highest BCUT2D eigenvalue weighted by molar-refractivity contribution is 5.96. The first kappa shape index (κ1) is 12.3. The van der Waals surface area contributed by atoms with E-state index in [1.807, 2.05) is 0 Å². The Bertz CT molecular complexity index is 539. The molecular formula is C12H10N2O3. The highest BCUT2D eigenvalue weighted by Gasteiger charge is 2.00. The maximum atomic E-state index is 10.7. The standard InChI is InChI=1S/C12H10N2O3/c13-7-9(12(14)17)3-1-2-8-4-5-10(15)11(16)6-8/h1-6,15-16H,(H2,14,17)/b2-1+,9-3+. The Morgan fingerprint density at radius 2 is 2.06 bits per heavy atom. The maximum absolute atomic E-state index is 10.7. The topological polar surface area (TPSA) is 107 Å². The van der Waals surface area contributed by atoms with Gasteiger partial charge in [-0.05, 0) is 23.8 Å². The van der Waals surface area contributed by atoms with Gasteiger partial charge in [-0.3, -0.25) is 4.79 Å². The molecule has 1 aromatic carbocycles. The summed E-state index contributed by atoms with van der Waals surface area (Å²) >= 11 is 0. The number of phenols is 2. The molecule has 0 bridgehead atoms. The van der Waals surface area contributed by atoms with Crippen molar-refractivity contribution in [3.05, 3.63) is 41.5 Å². The van der Waals surface area contributed by atoms with Crippen LogP contribution in [0, 0.1) is 11.3 Å². The van der Waals surface area contributed by atoms with Crippen LogP contribution >= 0.6 is 0 Å². The third-order valence-electron chi connectivity index (χ3n) is 1.94.